The van der Waals surface area contributed by atoms with Crippen LogP contribution in [0, 0.1) is 5.82 Å². The second kappa shape index (κ2) is 5.26. The molecule has 1 aromatic heterocycles. The molecule has 0 amide bonds. The molecule has 1 heterocycles. The molecule has 1 fully saturated rings. The van der Waals surface area contributed by atoms with Crippen LogP contribution in [-0.2, 0) is 6.42 Å². The third kappa shape index (κ3) is 2.76. The smallest absolute Gasteiger partial charge is 0.228 e. The number of rotatable bonds is 3. The van der Waals surface area contributed by atoms with Crippen molar-refractivity contribution >= 4 is 15.9 Å². The Hall–Kier alpha value is -1.27. The second-order valence-electron chi connectivity index (χ2n) is 5.39. The fourth-order valence-electron chi connectivity index (χ4n) is 2.64. The van der Waals surface area contributed by atoms with Crippen molar-refractivity contribution in [3.8, 4) is 11.4 Å². The van der Waals surface area contributed by atoms with Crippen LogP contribution in [0.3, 0.4) is 0 Å². The van der Waals surface area contributed by atoms with Crippen LogP contribution in [0.5, 0.6) is 0 Å². The Morgan fingerprint density at radius 2 is 2.10 bits per heavy atom. The first-order valence-corrected chi connectivity index (χ1v) is 7.42. The van der Waals surface area contributed by atoms with Gasteiger partial charge in [-0.25, -0.2) is 4.39 Å². The summed E-state index contributed by atoms with van der Waals surface area (Å²) in [6.07, 6.45) is 4.90. The summed E-state index contributed by atoms with van der Waals surface area (Å²) in [6.45, 7) is 0. The molecule has 106 valence electrons. The van der Waals surface area contributed by atoms with Crippen molar-refractivity contribution in [3.63, 3.8) is 0 Å². The second-order valence-corrected chi connectivity index (χ2v) is 6.24. The van der Waals surface area contributed by atoms with Crippen LogP contribution >= 0.6 is 15.9 Å². The summed E-state index contributed by atoms with van der Waals surface area (Å²) in [5.41, 5.74) is 6.80. The van der Waals surface area contributed by atoms with E-state index in [1.54, 1.807) is 12.1 Å². The van der Waals surface area contributed by atoms with E-state index in [0.717, 1.165) is 25.7 Å². The van der Waals surface area contributed by atoms with Gasteiger partial charge in [0.2, 0.25) is 11.7 Å². The van der Waals surface area contributed by atoms with Gasteiger partial charge in [-0.2, -0.15) is 4.98 Å². The van der Waals surface area contributed by atoms with Crippen LogP contribution in [0.1, 0.15) is 31.6 Å². The van der Waals surface area contributed by atoms with Crippen LogP contribution in [0.25, 0.3) is 11.4 Å². The number of hydrogen-bond donors (Lipinski definition) is 1. The molecule has 0 saturated heterocycles. The largest absolute Gasteiger partial charge is 0.339 e. The highest BCUT2D eigenvalue weighted by Crippen LogP contribution is 2.30. The summed E-state index contributed by atoms with van der Waals surface area (Å²) in [6, 6.07) is 4.64. The lowest BCUT2D eigenvalue weighted by Gasteiger charge is -2.20. The van der Waals surface area contributed by atoms with E-state index in [-0.39, 0.29) is 11.4 Å². The molecule has 4 nitrogen and oxygen atoms in total. The number of benzene rings is 1. The first kappa shape index (κ1) is 13.7. The minimum Gasteiger partial charge on any atom is -0.339 e. The quantitative estimate of drug-likeness (QED) is 0.929. The molecule has 1 aromatic carbocycles. The van der Waals surface area contributed by atoms with Gasteiger partial charge in [0, 0.05) is 17.5 Å². The van der Waals surface area contributed by atoms with Crippen LogP contribution in [0.2, 0.25) is 0 Å². The zero-order chi connectivity index (χ0) is 14.2. The lowest BCUT2D eigenvalue weighted by molar-refractivity contribution is 0.329. The van der Waals surface area contributed by atoms with E-state index in [0.29, 0.717) is 28.2 Å². The van der Waals surface area contributed by atoms with E-state index in [2.05, 4.69) is 26.1 Å². The number of halogens is 2. The van der Waals surface area contributed by atoms with E-state index in [4.69, 9.17) is 10.3 Å². The Kier molecular flexibility index (Phi) is 3.60. The summed E-state index contributed by atoms with van der Waals surface area (Å²) in [5, 5.41) is 3.95. The van der Waals surface area contributed by atoms with Crippen LogP contribution in [-0.4, -0.2) is 15.7 Å². The highest BCUT2D eigenvalue weighted by Gasteiger charge is 2.31. The van der Waals surface area contributed by atoms with Gasteiger partial charge in [-0.15, -0.1) is 0 Å². The van der Waals surface area contributed by atoms with Crippen molar-refractivity contribution in [2.75, 3.05) is 0 Å². The molecular weight excluding hydrogens is 325 g/mol. The van der Waals surface area contributed by atoms with Gasteiger partial charge in [0.25, 0.3) is 0 Å². The molecule has 6 heteroatoms. The Morgan fingerprint density at radius 3 is 2.80 bits per heavy atom. The lowest BCUT2D eigenvalue weighted by atomic mass is 9.95. The molecule has 0 aliphatic heterocycles. The highest BCUT2D eigenvalue weighted by molar-refractivity contribution is 9.10. The van der Waals surface area contributed by atoms with Gasteiger partial charge < -0.3 is 10.3 Å². The van der Waals surface area contributed by atoms with E-state index < -0.39 is 0 Å². The third-order valence-electron chi connectivity index (χ3n) is 3.75. The molecule has 0 bridgehead atoms. The Balaban J connectivity index is 1.81. The van der Waals surface area contributed by atoms with Gasteiger partial charge in [-0.1, -0.05) is 18.0 Å². The maximum absolute atomic E-state index is 13.2. The third-order valence-corrected chi connectivity index (χ3v) is 4.36. The monoisotopic (exact) mass is 339 g/mol. The molecule has 2 aromatic rings. The van der Waals surface area contributed by atoms with Gasteiger partial charge in [-0.3, -0.25) is 0 Å². The first-order chi connectivity index (χ1) is 9.56. The van der Waals surface area contributed by atoms with E-state index in [9.17, 15) is 4.39 Å². The van der Waals surface area contributed by atoms with Gasteiger partial charge >= 0.3 is 0 Å². The standard InChI is InChI=1S/C14H15BrFN3O/c15-10-7-9(3-4-11(10)16)13-18-12(20-19-13)8-14(17)5-1-2-6-14/h3-4,7H,1-2,5-6,8,17H2. The van der Waals surface area contributed by atoms with Crippen molar-refractivity contribution in [1.82, 2.24) is 10.1 Å². The van der Waals surface area contributed by atoms with Gasteiger partial charge in [0.15, 0.2) is 0 Å². The molecule has 1 aliphatic carbocycles. The lowest BCUT2D eigenvalue weighted by Crippen LogP contribution is -2.38. The molecule has 2 N–H and O–H groups in total. The Bertz CT molecular complexity index is 623. The number of nitrogens with two attached hydrogens (primary N) is 1. The summed E-state index contributed by atoms with van der Waals surface area (Å²) in [7, 11) is 0. The molecule has 1 aliphatic rings. The normalized spacial score (nSPS) is 17.6. The highest BCUT2D eigenvalue weighted by atomic mass is 79.9. The predicted octanol–water partition coefficient (Wildman–Crippen LogP) is 3.45. The van der Waals surface area contributed by atoms with Crippen molar-refractivity contribution in [3.05, 3.63) is 34.4 Å². The molecular formula is C14H15BrFN3O. The van der Waals surface area contributed by atoms with Crippen molar-refractivity contribution in [2.45, 2.75) is 37.6 Å². The maximum atomic E-state index is 13.2. The molecule has 0 spiro atoms. The van der Waals surface area contributed by atoms with Gasteiger partial charge in [-0.05, 0) is 47.0 Å². The van der Waals surface area contributed by atoms with Crippen LogP contribution in [0.4, 0.5) is 4.39 Å². The average Bonchev–Trinajstić information content (AvgIpc) is 3.03. The number of nitrogens with zero attached hydrogens (tertiary/aromatic N) is 2. The number of hydrogen-bond acceptors (Lipinski definition) is 4. The molecule has 1 saturated carbocycles. The summed E-state index contributed by atoms with van der Waals surface area (Å²) < 4.78 is 18.9. The minimum absolute atomic E-state index is 0.215. The summed E-state index contributed by atoms with van der Waals surface area (Å²) >= 11 is 3.15. The topological polar surface area (TPSA) is 64.9 Å². The predicted molar refractivity (Wildman–Crippen MR) is 76.5 cm³/mol. The van der Waals surface area contributed by atoms with Crippen LogP contribution < -0.4 is 5.73 Å². The van der Waals surface area contributed by atoms with Crippen molar-refractivity contribution in [2.24, 2.45) is 5.73 Å². The average molecular weight is 340 g/mol. The summed E-state index contributed by atoms with van der Waals surface area (Å²) in [5.74, 6) is 0.691. The summed E-state index contributed by atoms with van der Waals surface area (Å²) in [4.78, 5) is 4.36. The van der Waals surface area contributed by atoms with Crippen molar-refractivity contribution in [1.29, 1.82) is 0 Å². The van der Waals surface area contributed by atoms with Gasteiger partial charge in [0.05, 0.1) is 4.47 Å². The minimum atomic E-state index is -0.315. The molecule has 0 unspecified atom stereocenters. The zero-order valence-corrected chi connectivity index (χ0v) is 12.5. The van der Waals surface area contributed by atoms with E-state index in [1.807, 2.05) is 0 Å². The Labute approximate surface area is 124 Å². The zero-order valence-electron chi connectivity index (χ0n) is 10.9. The molecule has 3 rings (SSSR count). The fraction of sp³-hybridized carbons (Fsp3) is 0.429. The molecule has 0 radical (unpaired) electrons. The SMILES string of the molecule is NC1(Cc2nc(-c3ccc(F)c(Br)c3)no2)CCCC1. The van der Waals surface area contributed by atoms with E-state index >= 15 is 0 Å². The molecule has 20 heavy (non-hydrogen) atoms. The van der Waals surface area contributed by atoms with E-state index in [1.165, 1.54) is 6.07 Å². The maximum Gasteiger partial charge on any atom is 0.228 e. The first-order valence-electron chi connectivity index (χ1n) is 6.63. The van der Waals surface area contributed by atoms with Crippen LogP contribution in [0.15, 0.2) is 27.2 Å². The van der Waals surface area contributed by atoms with Gasteiger partial charge in [0.1, 0.15) is 5.82 Å². The Morgan fingerprint density at radius 1 is 1.35 bits per heavy atom. The molecule has 0 atom stereocenters. The fourth-order valence-corrected chi connectivity index (χ4v) is 3.02. The van der Waals surface area contributed by atoms with Crippen molar-refractivity contribution < 1.29 is 8.91 Å². The number of aromatic nitrogens is 2.